The predicted molar refractivity (Wildman–Crippen MR) is 69.6 cm³/mol. The van der Waals surface area contributed by atoms with Crippen LogP contribution in [0, 0.1) is 11.8 Å². The molecule has 1 heterocycles. The molecule has 3 atom stereocenters. The second-order valence-electron chi connectivity index (χ2n) is 6.12. The maximum absolute atomic E-state index is 3.77. The Morgan fingerprint density at radius 1 is 1.25 bits per heavy atom. The van der Waals surface area contributed by atoms with Gasteiger partial charge < -0.3 is 5.32 Å². The third kappa shape index (κ3) is 2.43. The summed E-state index contributed by atoms with van der Waals surface area (Å²) in [7, 11) is 0. The molecule has 0 aromatic heterocycles. The summed E-state index contributed by atoms with van der Waals surface area (Å²) in [5.74, 6) is 1.98. The fourth-order valence-electron chi connectivity index (χ4n) is 3.02. The quantitative estimate of drug-likeness (QED) is 0.789. The van der Waals surface area contributed by atoms with Crippen LogP contribution < -0.4 is 5.32 Å². The number of hydrogen-bond donors (Lipinski definition) is 1. The molecule has 16 heavy (non-hydrogen) atoms. The summed E-state index contributed by atoms with van der Waals surface area (Å²) in [6.07, 6.45) is 3.97. The van der Waals surface area contributed by atoms with Crippen LogP contribution in [0.25, 0.3) is 0 Å². The van der Waals surface area contributed by atoms with E-state index in [4.69, 9.17) is 0 Å². The topological polar surface area (TPSA) is 15.3 Å². The maximum Gasteiger partial charge on any atom is 0.0304 e. The molecule has 1 N–H and O–H groups in total. The van der Waals surface area contributed by atoms with E-state index < -0.39 is 0 Å². The van der Waals surface area contributed by atoms with Crippen molar-refractivity contribution in [1.82, 2.24) is 10.2 Å². The highest BCUT2D eigenvalue weighted by molar-refractivity contribution is 4.97. The van der Waals surface area contributed by atoms with E-state index in [1.165, 1.54) is 38.9 Å². The third-order valence-electron chi connectivity index (χ3n) is 5.00. The van der Waals surface area contributed by atoms with Crippen molar-refractivity contribution in [1.29, 1.82) is 0 Å². The Kier molecular flexibility index (Phi) is 3.60. The minimum absolute atomic E-state index is 0.393. The van der Waals surface area contributed by atoms with Crippen molar-refractivity contribution in [2.24, 2.45) is 11.8 Å². The third-order valence-corrected chi connectivity index (χ3v) is 5.00. The second kappa shape index (κ2) is 4.66. The molecule has 0 bridgehead atoms. The van der Waals surface area contributed by atoms with Crippen molar-refractivity contribution in [3.63, 3.8) is 0 Å². The molecule has 2 heteroatoms. The second-order valence-corrected chi connectivity index (χ2v) is 6.12. The van der Waals surface area contributed by atoms with E-state index >= 15 is 0 Å². The minimum atomic E-state index is 0.393. The number of nitrogens with one attached hydrogen (secondary N) is 1. The zero-order valence-electron chi connectivity index (χ0n) is 11.4. The van der Waals surface area contributed by atoms with Gasteiger partial charge in [0.15, 0.2) is 0 Å². The van der Waals surface area contributed by atoms with Crippen LogP contribution in [0.5, 0.6) is 0 Å². The Balaban J connectivity index is 1.94. The zero-order valence-corrected chi connectivity index (χ0v) is 11.4. The molecule has 2 fully saturated rings. The van der Waals surface area contributed by atoms with Gasteiger partial charge in [0.25, 0.3) is 0 Å². The first kappa shape index (κ1) is 12.4. The smallest absolute Gasteiger partial charge is 0.0304 e. The first-order chi connectivity index (χ1) is 7.60. The summed E-state index contributed by atoms with van der Waals surface area (Å²) in [5.41, 5.74) is 0.393. The predicted octanol–water partition coefficient (Wildman–Crippen LogP) is 2.49. The average Bonchev–Trinajstić information content (AvgIpc) is 2.98. The van der Waals surface area contributed by atoms with Gasteiger partial charge in [-0.05, 0) is 38.0 Å². The normalized spacial score (nSPS) is 38.6. The van der Waals surface area contributed by atoms with Crippen LogP contribution in [-0.2, 0) is 0 Å². The van der Waals surface area contributed by atoms with Crippen molar-refractivity contribution in [2.75, 3.05) is 19.6 Å². The Bertz CT molecular complexity index is 235. The molecular formula is C14H28N2. The van der Waals surface area contributed by atoms with Gasteiger partial charge in [0.2, 0.25) is 0 Å². The molecule has 0 radical (unpaired) electrons. The van der Waals surface area contributed by atoms with Gasteiger partial charge in [0, 0.05) is 31.2 Å². The van der Waals surface area contributed by atoms with E-state index in [1.54, 1.807) is 0 Å². The molecule has 2 aliphatic rings. The van der Waals surface area contributed by atoms with Crippen molar-refractivity contribution >= 4 is 0 Å². The standard InChI is InChI=1S/C14H28N2/c1-5-14(6-2)10-16(12(4)8-15-14)9-13-7-11(13)3/h11-13,15H,5-10H2,1-4H3. The van der Waals surface area contributed by atoms with Gasteiger partial charge in [-0.2, -0.15) is 0 Å². The Hall–Kier alpha value is -0.0800. The lowest BCUT2D eigenvalue weighted by Gasteiger charge is -2.46. The molecule has 0 aromatic rings. The van der Waals surface area contributed by atoms with Gasteiger partial charge in [-0.25, -0.2) is 0 Å². The van der Waals surface area contributed by atoms with Gasteiger partial charge in [-0.3, -0.25) is 4.90 Å². The lowest BCUT2D eigenvalue weighted by Crippen LogP contribution is -2.63. The maximum atomic E-state index is 3.77. The Morgan fingerprint density at radius 3 is 2.38 bits per heavy atom. The van der Waals surface area contributed by atoms with Crippen molar-refractivity contribution < 1.29 is 0 Å². The summed E-state index contributed by atoms with van der Waals surface area (Å²) < 4.78 is 0. The van der Waals surface area contributed by atoms with E-state index in [0.717, 1.165) is 17.9 Å². The van der Waals surface area contributed by atoms with E-state index in [-0.39, 0.29) is 0 Å². The largest absolute Gasteiger partial charge is 0.308 e. The van der Waals surface area contributed by atoms with Crippen LogP contribution in [0.2, 0.25) is 0 Å². The molecule has 1 aliphatic carbocycles. The van der Waals surface area contributed by atoms with Crippen LogP contribution in [0.3, 0.4) is 0 Å². The first-order valence-electron chi connectivity index (χ1n) is 7.09. The molecular weight excluding hydrogens is 196 g/mol. The van der Waals surface area contributed by atoms with Gasteiger partial charge in [0.1, 0.15) is 0 Å². The van der Waals surface area contributed by atoms with Crippen LogP contribution in [-0.4, -0.2) is 36.1 Å². The highest BCUT2D eigenvalue weighted by Crippen LogP contribution is 2.39. The van der Waals surface area contributed by atoms with Crippen LogP contribution in [0.1, 0.15) is 47.0 Å². The fourth-order valence-corrected chi connectivity index (χ4v) is 3.02. The number of hydrogen-bond acceptors (Lipinski definition) is 2. The molecule has 0 aromatic carbocycles. The van der Waals surface area contributed by atoms with Crippen molar-refractivity contribution in [3.05, 3.63) is 0 Å². The van der Waals surface area contributed by atoms with E-state index in [0.29, 0.717) is 5.54 Å². The van der Waals surface area contributed by atoms with Crippen LogP contribution in [0.4, 0.5) is 0 Å². The highest BCUT2D eigenvalue weighted by Gasteiger charge is 2.40. The number of nitrogens with zero attached hydrogens (tertiary/aromatic N) is 1. The average molecular weight is 224 g/mol. The Labute approximate surface area is 101 Å². The number of rotatable bonds is 4. The molecule has 0 spiro atoms. The monoisotopic (exact) mass is 224 g/mol. The summed E-state index contributed by atoms with van der Waals surface area (Å²) >= 11 is 0. The molecule has 1 aliphatic heterocycles. The van der Waals surface area contributed by atoms with E-state index in [2.05, 4.69) is 37.9 Å². The van der Waals surface area contributed by atoms with Gasteiger partial charge in [-0.1, -0.05) is 20.8 Å². The van der Waals surface area contributed by atoms with E-state index in [1.807, 2.05) is 0 Å². The minimum Gasteiger partial charge on any atom is -0.308 e. The lowest BCUT2D eigenvalue weighted by atomic mass is 9.88. The Morgan fingerprint density at radius 2 is 1.88 bits per heavy atom. The van der Waals surface area contributed by atoms with Crippen molar-refractivity contribution in [2.45, 2.75) is 58.5 Å². The molecule has 3 unspecified atom stereocenters. The van der Waals surface area contributed by atoms with Crippen LogP contribution >= 0.6 is 0 Å². The zero-order chi connectivity index (χ0) is 11.8. The summed E-state index contributed by atoms with van der Waals surface area (Å²) in [6.45, 7) is 13.2. The molecule has 2 rings (SSSR count). The van der Waals surface area contributed by atoms with Crippen LogP contribution in [0.15, 0.2) is 0 Å². The summed E-state index contributed by atoms with van der Waals surface area (Å²) in [5, 5.41) is 3.77. The van der Waals surface area contributed by atoms with Gasteiger partial charge in [0.05, 0.1) is 0 Å². The molecule has 2 nitrogen and oxygen atoms in total. The SMILES string of the molecule is CCC1(CC)CN(CC2CC2C)C(C)CN1. The molecule has 1 saturated heterocycles. The lowest BCUT2D eigenvalue weighted by molar-refractivity contribution is 0.0758. The first-order valence-corrected chi connectivity index (χ1v) is 7.09. The van der Waals surface area contributed by atoms with E-state index in [9.17, 15) is 0 Å². The highest BCUT2D eigenvalue weighted by atomic mass is 15.3. The van der Waals surface area contributed by atoms with Gasteiger partial charge >= 0.3 is 0 Å². The summed E-state index contributed by atoms with van der Waals surface area (Å²) in [6, 6.07) is 0.721. The molecule has 94 valence electrons. The number of piperazine rings is 1. The summed E-state index contributed by atoms with van der Waals surface area (Å²) in [4.78, 5) is 2.73. The molecule has 1 saturated carbocycles. The van der Waals surface area contributed by atoms with Crippen molar-refractivity contribution in [3.8, 4) is 0 Å². The van der Waals surface area contributed by atoms with Gasteiger partial charge in [-0.15, -0.1) is 0 Å². The molecule has 0 amide bonds. The fraction of sp³-hybridized carbons (Fsp3) is 1.00.